The monoisotopic (exact) mass is 334 g/mol. The van der Waals surface area contributed by atoms with Gasteiger partial charge in [0.15, 0.2) is 6.61 Å². The number of ether oxygens (including phenoxy) is 1. The Hall–Kier alpha value is -2.15. The van der Waals surface area contributed by atoms with E-state index in [0.717, 1.165) is 42.8 Å². The van der Waals surface area contributed by atoms with E-state index in [4.69, 9.17) is 9.15 Å². The van der Waals surface area contributed by atoms with Crippen molar-refractivity contribution in [1.82, 2.24) is 20.2 Å². The van der Waals surface area contributed by atoms with Crippen LogP contribution in [0.25, 0.3) is 11.1 Å². The highest BCUT2D eigenvalue weighted by atomic mass is 16.5. The zero-order valence-electron chi connectivity index (χ0n) is 14.9. The molecule has 0 spiro atoms. The van der Waals surface area contributed by atoms with E-state index < -0.39 is 0 Å². The molecule has 0 aliphatic carbocycles. The SMILES string of the molecule is CCN(CC)CCCNC(=O)COc1ncnc2oc(C)c(C)c12. The van der Waals surface area contributed by atoms with Gasteiger partial charge in [-0.1, -0.05) is 13.8 Å². The molecule has 2 aromatic heterocycles. The molecular formula is C17H26N4O3. The molecule has 2 rings (SSSR count). The molecule has 24 heavy (non-hydrogen) atoms. The molecule has 0 fully saturated rings. The molecule has 0 saturated carbocycles. The molecule has 0 saturated heterocycles. The second-order valence-electron chi connectivity index (χ2n) is 5.66. The number of rotatable bonds is 9. The molecule has 7 heteroatoms. The summed E-state index contributed by atoms with van der Waals surface area (Å²) < 4.78 is 11.1. The first-order valence-corrected chi connectivity index (χ1v) is 8.39. The van der Waals surface area contributed by atoms with Crippen molar-refractivity contribution in [2.45, 2.75) is 34.1 Å². The Morgan fingerprint density at radius 2 is 2.04 bits per heavy atom. The Kier molecular flexibility index (Phi) is 6.54. The molecule has 0 aromatic carbocycles. The summed E-state index contributed by atoms with van der Waals surface area (Å²) in [4.78, 5) is 22.4. The summed E-state index contributed by atoms with van der Waals surface area (Å²) in [5, 5.41) is 3.59. The van der Waals surface area contributed by atoms with Crippen LogP contribution in [0.3, 0.4) is 0 Å². The molecule has 0 aliphatic rings. The van der Waals surface area contributed by atoms with E-state index in [9.17, 15) is 4.79 Å². The van der Waals surface area contributed by atoms with Gasteiger partial charge in [0.05, 0.1) is 0 Å². The zero-order valence-corrected chi connectivity index (χ0v) is 14.9. The van der Waals surface area contributed by atoms with Crippen molar-refractivity contribution in [2.24, 2.45) is 0 Å². The molecule has 2 aromatic rings. The number of nitrogens with one attached hydrogen (secondary N) is 1. The average Bonchev–Trinajstić information content (AvgIpc) is 2.88. The van der Waals surface area contributed by atoms with Crippen molar-refractivity contribution in [3.8, 4) is 5.88 Å². The van der Waals surface area contributed by atoms with Gasteiger partial charge in [0.1, 0.15) is 17.5 Å². The molecule has 132 valence electrons. The maximum atomic E-state index is 11.9. The predicted octanol–water partition coefficient (Wildman–Crippen LogP) is 2.07. The second kappa shape index (κ2) is 8.63. The molecule has 0 unspecified atom stereocenters. The summed E-state index contributed by atoms with van der Waals surface area (Å²) in [6.45, 7) is 11.7. The van der Waals surface area contributed by atoms with Crippen LogP contribution in [0.5, 0.6) is 5.88 Å². The number of furan rings is 1. The number of carbonyl (C=O) groups excluding carboxylic acids is 1. The van der Waals surface area contributed by atoms with E-state index in [-0.39, 0.29) is 12.5 Å². The minimum absolute atomic E-state index is 0.0684. The Bertz CT molecular complexity index is 680. The molecular weight excluding hydrogens is 308 g/mol. The highest BCUT2D eigenvalue weighted by molar-refractivity contribution is 5.84. The number of carbonyl (C=O) groups is 1. The third kappa shape index (κ3) is 4.44. The fourth-order valence-corrected chi connectivity index (χ4v) is 2.51. The number of hydrogen-bond acceptors (Lipinski definition) is 6. The van der Waals surface area contributed by atoms with E-state index in [1.165, 1.54) is 6.33 Å². The lowest BCUT2D eigenvalue weighted by atomic mass is 10.2. The lowest BCUT2D eigenvalue weighted by molar-refractivity contribution is -0.123. The Morgan fingerprint density at radius 3 is 2.75 bits per heavy atom. The molecule has 7 nitrogen and oxygen atoms in total. The van der Waals surface area contributed by atoms with Gasteiger partial charge in [-0.05, 0) is 39.9 Å². The highest BCUT2D eigenvalue weighted by Crippen LogP contribution is 2.29. The molecule has 0 bridgehead atoms. The van der Waals surface area contributed by atoms with Gasteiger partial charge < -0.3 is 19.4 Å². The van der Waals surface area contributed by atoms with Gasteiger partial charge in [0.25, 0.3) is 5.91 Å². The van der Waals surface area contributed by atoms with Gasteiger partial charge in [-0.15, -0.1) is 0 Å². The Morgan fingerprint density at radius 1 is 1.29 bits per heavy atom. The molecule has 0 radical (unpaired) electrons. The minimum Gasteiger partial charge on any atom is -0.467 e. The van der Waals surface area contributed by atoms with Crippen LogP contribution in [0, 0.1) is 13.8 Å². The fraction of sp³-hybridized carbons (Fsp3) is 0.588. The predicted molar refractivity (Wildman–Crippen MR) is 92.2 cm³/mol. The van der Waals surface area contributed by atoms with Crippen molar-refractivity contribution in [3.05, 3.63) is 17.7 Å². The standard InChI is InChI=1S/C17H26N4O3/c1-5-21(6-2)9-7-8-18-14(22)10-23-16-15-12(3)13(4)24-17(15)20-11-19-16/h11H,5-10H2,1-4H3,(H,18,22). The van der Waals surface area contributed by atoms with Crippen LogP contribution >= 0.6 is 0 Å². The maximum Gasteiger partial charge on any atom is 0.258 e. The maximum absolute atomic E-state index is 11.9. The second-order valence-corrected chi connectivity index (χ2v) is 5.66. The molecule has 1 N–H and O–H groups in total. The van der Waals surface area contributed by atoms with Gasteiger partial charge in [0, 0.05) is 12.1 Å². The van der Waals surface area contributed by atoms with Gasteiger partial charge in [-0.25, -0.2) is 9.97 Å². The summed E-state index contributed by atoms with van der Waals surface area (Å²) in [5.41, 5.74) is 1.41. The van der Waals surface area contributed by atoms with Gasteiger partial charge in [0.2, 0.25) is 11.6 Å². The third-order valence-corrected chi connectivity index (χ3v) is 4.14. The highest BCUT2D eigenvalue weighted by Gasteiger charge is 2.15. The van der Waals surface area contributed by atoms with Crippen LogP contribution in [0.1, 0.15) is 31.6 Å². The van der Waals surface area contributed by atoms with Crippen LogP contribution in [0.2, 0.25) is 0 Å². The van der Waals surface area contributed by atoms with Crippen molar-refractivity contribution < 1.29 is 13.9 Å². The third-order valence-electron chi connectivity index (χ3n) is 4.14. The summed E-state index contributed by atoms with van der Waals surface area (Å²) in [6.07, 6.45) is 2.30. The number of fused-ring (bicyclic) bond motifs is 1. The van der Waals surface area contributed by atoms with E-state index in [0.29, 0.717) is 18.1 Å². The lowest BCUT2D eigenvalue weighted by Crippen LogP contribution is -2.32. The first-order chi connectivity index (χ1) is 11.6. The van der Waals surface area contributed by atoms with E-state index >= 15 is 0 Å². The van der Waals surface area contributed by atoms with E-state index in [1.54, 1.807) is 0 Å². The Balaban J connectivity index is 1.82. The molecule has 2 heterocycles. The van der Waals surface area contributed by atoms with Crippen molar-refractivity contribution in [2.75, 3.05) is 32.8 Å². The first kappa shape index (κ1) is 18.2. The number of aryl methyl sites for hydroxylation is 2. The van der Waals surface area contributed by atoms with E-state index in [1.807, 2.05) is 13.8 Å². The number of aromatic nitrogens is 2. The summed E-state index contributed by atoms with van der Waals surface area (Å²) in [5.74, 6) is 1.00. The minimum atomic E-state index is -0.154. The van der Waals surface area contributed by atoms with Crippen LogP contribution in [-0.2, 0) is 4.79 Å². The van der Waals surface area contributed by atoms with Crippen LogP contribution in [0.4, 0.5) is 0 Å². The zero-order chi connectivity index (χ0) is 17.5. The average molecular weight is 334 g/mol. The van der Waals surface area contributed by atoms with Crippen molar-refractivity contribution in [3.63, 3.8) is 0 Å². The molecule has 0 atom stereocenters. The number of nitrogens with zero attached hydrogens (tertiary/aromatic N) is 3. The topological polar surface area (TPSA) is 80.5 Å². The normalized spacial score (nSPS) is 11.2. The van der Waals surface area contributed by atoms with Crippen molar-refractivity contribution in [1.29, 1.82) is 0 Å². The van der Waals surface area contributed by atoms with Crippen LogP contribution < -0.4 is 10.1 Å². The van der Waals surface area contributed by atoms with Crippen LogP contribution in [0.15, 0.2) is 10.7 Å². The van der Waals surface area contributed by atoms with Crippen molar-refractivity contribution >= 4 is 17.0 Å². The summed E-state index contributed by atoms with van der Waals surface area (Å²) in [6, 6.07) is 0. The lowest BCUT2D eigenvalue weighted by Gasteiger charge is -2.17. The Labute approximate surface area is 142 Å². The van der Waals surface area contributed by atoms with E-state index in [2.05, 4.69) is 34.0 Å². The van der Waals surface area contributed by atoms with Gasteiger partial charge in [-0.2, -0.15) is 0 Å². The quantitative estimate of drug-likeness (QED) is 0.707. The largest absolute Gasteiger partial charge is 0.467 e. The fourth-order valence-electron chi connectivity index (χ4n) is 2.51. The summed E-state index contributed by atoms with van der Waals surface area (Å²) >= 11 is 0. The smallest absolute Gasteiger partial charge is 0.258 e. The van der Waals surface area contributed by atoms with Crippen LogP contribution in [-0.4, -0.2) is 53.6 Å². The van der Waals surface area contributed by atoms with Gasteiger partial charge in [-0.3, -0.25) is 4.79 Å². The molecule has 0 aliphatic heterocycles. The van der Waals surface area contributed by atoms with Gasteiger partial charge >= 0.3 is 0 Å². The number of amides is 1. The first-order valence-electron chi connectivity index (χ1n) is 8.39. The number of hydrogen-bond donors (Lipinski definition) is 1. The summed E-state index contributed by atoms with van der Waals surface area (Å²) in [7, 11) is 0. The molecule has 1 amide bonds.